The summed E-state index contributed by atoms with van der Waals surface area (Å²) in [5.41, 5.74) is 3.22. The molecule has 4 nitrogen and oxygen atoms in total. The van der Waals surface area contributed by atoms with Gasteiger partial charge in [-0.15, -0.1) is 0 Å². The fourth-order valence-corrected chi connectivity index (χ4v) is 3.22. The summed E-state index contributed by atoms with van der Waals surface area (Å²) >= 11 is 0. The molecule has 2 aliphatic rings. The van der Waals surface area contributed by atoms with Crippen LogP contribution < -0.4 is 0 Å². The van der Waals surface area contributed by atoms with E-state index in [1.807, 2.05) is 30.0 Å². The molecule has 1 fully saturated rings. The lowest BCUT2D eigenvalue weighted by Gasteiger charge is -2.49. The molecule has 0 spiro atoms. The van der Waals surface area contributed by atoms with E-state index in [-0.39, 0.29) is 18.1 Å². The number of hydrogen-bond acceptors (Lipinski definition) is 3. The van der Waals surface area contributed by atoms with Crippen molar-refractivity contribution in [2.24, 2.45) is 0 Å². The van der Waals surface area contributed by atoms with Gasteiger partial charge >= 0.3 is 0 Å². The molecule has 3 rings (SSSR count). The minimum absolute atomic E-state index is 0.0124. The first-order chi connectivity index (χ1) is 10.6. The third-order valence-corrected chi connectivity index (χ3v) is 4.19. The summed E-state index contributed by atoms with van der Waals surface area (Å²) in [6.07, 6.45) is 1.51. The lowest BCUT2D eigenvalue weighted by molar-refractivity contribution is -0.177. The molecule has 0 radical (unpaired) electrons. The van der Waals surface area contributed by atoms with Crippen molar-refractivity contribution in [3.63, 3.8) is 0 Å². The predicted molar refractivity (Wildman–Crippen MR) is 85.3 cm³/mol. The SMILES string of the molecule is C=C(C)CN1C(=O)[C@H](OC)[C@@H]1[C@@H]1OCC=C1c1ccccc1. The van der Waals surface area contributed by atoms with Crippen LogP contribution in [0.4, 0.5) is 0 Å². The molecule has 3 atom stereocenters. The van der Waals surface area contributed by atoms with Crippen LogP contribution in [0.2, 0.25) is 0 Å². The fourth-order valence-electron chi connectivity index (χ4n) is 3.22. The largest absolute Gasteiger partial charge is 0.369 e. The highest BCUT2D eigenvalue weighted by atomic mass is 16.5. The Balaban J connectivity index is 1.86. The van der Waals surface area contributed by atoms with Gasteiger partial charge in [0.2, 0.25) is 0 Å². The second-order valence-corrected chi connectivity index (χ2v) is 5.85. The average molecular weight is 299 g/mol. The summed E-state index contributed by atoms with van der Waals surface area (Å²) in [4.78, 5) is 14.0. The number of carbonyl (C=O) groups excluding carboxylic acids is 1. The lowest BCUT2D eigenvalue weighted by atomic mass is 9.86. The minimum atomic E-state index is -0.436. The molecule has 0 aliphatic carbocycles. The summed E-state index contributed by atoms with van der Waals surface area (Å²) in [5.74, 6) is 0.0124. The number of amides is 1. The zero-order chi connectivity index (χ0) is 15.7. The smallest absolute Gasteiger partial charge is 0.254 e. The molecular formula is C18H21NO3. The predicted octanol–water partition coefficient (Wildman–Crippen LogP) is 2.27. The van der Waals surface area contributed by atoms with Gasteiger partial charge in [0, 0.05) is 13.7 Å². The van der Waals surface area contributed by atoms with Gasteiger partial charge in [-0.05, 0) is 18.1 Å². The van der Waals surface area contributed by atoms with E-state index in [1.54, 1.807) is 7.11 Å². The summed E-state index contributed by atoms with van der Waals surface area (Å²) in [7, 11) is 1.58. The molecule has 2 aliphatic heterocycles. The number of methoxy groups -OCH3 is 1. The molecule has 1 aromatic carbocycles. The summed E-state index contributed by atoms with van der Waals surface area (Å²) in [6.45, 7) is 6.95. The minimum Gasteiger partial charge on any atom is -0.369 e. The molecule has 4 heteroatoms. The number of β-lactam (4-membered cyclic amide) rings is 1. The van der Waals surface area contributed by atoms with Crippen LogP contribution in [0.5, 0.6) is 0 Å². The van der Waals surface area contributed by atoms with Gasteiger partial charge in [-0.2, -0.15) is 0 Å². The van der Waals surface area contributed by atoms with Crippen LogP contribution in [0.1, 0.15) is 12.5 Å². The molecule has 0 saturated carbocycles. The molecular weight excluding hydrogens is 278 g/mol. The molecule has 0 bridgehead atoms. The second-order valence-electron chi connectivity index (χ2n) is 5.85. The summed E-state index contributed by atoms with van der Waals surface area (Å²) < 4.78 is 11.3. The van der Waals surface area contributed by atoms with Crippen molar-refractivity contribution in [2.75, 3.05) is 20.3 Å². The Labute approximate surface area is 131 Å². The van der Waals surface area contributed by atoms with Crippen molar-refractivity contribution in [1.82, 2.24) is 4.90 Å². The summed E-state index contributed by atoms with van der Waals surface area (Å²) in [6, 6.07) is 10.1. The van der Waals surface area contributed by atoms with Gasteiger partial charge in [0.1, 0.15) is 6.10 Å². The highest BCUT2D eigenvalue weighted by molar-refractivity contribution is 5.90. The fraction of sp³-hybridized carbons (Fsp3) is 0.389. The van der Waals surface area contributed by atoms with Crippen LogP contribution in [0, 0.1) is 0 Å². The quantitative estimate of drug-likeness (QED) is 0.618. The standard InChI is InChI=1S/C18H21NO3/c1-12(2)11-19-15(17(21-3)18(19)20)16-14(9-10-22-16)13-7-5-4-6-8-13/h4-9,15-17H,1,10-11H2,2-3H3/t15-,16+,17+/m0/s1. The first-order valence-electron chi connectivity index (χ1n) is 7.48. The van der Waals surface area contributed by atoms with Crippen molar-refractivity contribution in [3.8, 4) is 0 Å². The van der Waals surface area contributed by atoms with Gasteiger partial charge in [-0.3, -0.25) is 4.79 Å². The van der Waals surface area contributed by atoms with E-state index in [2.05, 4.69) is 24.8 Å². The zero-order valence-electron chi connectivity index (χ0n) is 13.0. The number of nitrogens with zero attached hydrogens (tertiary/aromatic N) is 1. The maximum atomic E-state index is 12.2. The Kier molecular flexibility index (Phi) is 4.14. The van der Waals surface area contributed by atoms with Crippen LogP contribution in [-0.2, 0) is 14.3 Å². The third kappa shape index (κ3) is 2.49. The number of likely N-dealkylation sites (tertiary alicyclic amines) is 1. The van der Waals surface area contributed by atoms with Gasteiger partial charge in [0.15, 0.2) is 6.10 Å². The Hall–Kier alpha value is -1.91. The number of hydrogen-bond donors (Lipinski definition) is 0. The zero-order valence-corrected chi connectivity index (χ0v) is 13.0. The van der Waals surface area contributed by atoms with E-state index in [0.717, 1.165) is 16.7 Å². The van der Waals surface area contributed by atoms with Crippen LogP contribution in [0.15, 0.2) is 48.6 Å². The first kappa shape index (κ1) is 15.0. The third-order valence-electron chi connectivity index (χ3n) is 4.19. The van der Waals surface area contributed by atoms with Crippen molar-refractivity contribution in [1.29, 1.82) is 0 Å². The molecule has 1 saturated heterocycles. The van der Waals surface area contributed by atoms with Crippen LogP contribution >= 0.6 is 0 Å². The van der Waals surface area contributed by atoms with Gasteiger partial charge in [0.25, 0.3) is 5.91 Å². The molecule has 0 aromatic heterocycles. The molecule has 2 heterocycles. The van der Waals surface area contributed by atoms with Gasteiger partial charge in [-0.25, -0.2) is 0 Å². The summed E-state index contributed by atoms with van der Waals surface area (Å²) in [5, 5.41) is 0. The molecule has 0 N–H and O–H groups in total. The topological polar surface area (TPSA) is 38.8 Å². The van der Waals surface area contributed by atoms with E-state index in [1.165, 1.54) is 0 Å². The van der Waals surface area contributed by atoms with Crippen molar-refractivity contribution < 1.29 is 14.3 Å². The number of rotatable bonds is 5. The Morgan fingerprint density at radius 1 is 1.41 bits per heavy atom. The molecule has 1 aromatic rings. The van der Waals surface area contributed by atoms with Crippen LogP contribution in [-0.4, -0.2) is 49.3 Å². The normalized spacial score (nSPS) is 27.5. The van der Waals surface area contributed by atoms with Crippen molar-refractivity contribution in [2.45, 2.75) is 25.2 Å². The Morgan fingerprint density at radius 2 is 2.14 bits per heavy atom. The second kappa shape index (κ2) is 6.07. The van der Waals surface area contributed by atoms with Crippen LogP contribution in [0.3, 0.4) is 0 Å². The Bertz CT molecular complexity index is 608. The van der Waals surface area contributed by atoms with E-state index in [9.17, 15) is 4.79 Å². The van der Waals surface area contributed by atoms with Crippen molar-refractivity contribution in [3.05, 3.63) is 54.1 Å². The van der Waals surface area contributed by atoms with Crippen molar-refractivity contribution >= 4 is 11.5 Å². The van der Waals surface area contributed by atoms with Gasteiger partial charge in [0.05, 0.1) is 12.6 Å². The van der Waals surface area contributed by atoms with E-state index < -0.39 is 6.10 Å². The maximum absolute atomic E-state index is 12.2. The first-order valence-corrected chi connectivity index (χ1v) is 7.48. The molecule has 1 amide bonds. The molecule has 0 unspecified atom stereocenters. The monoisotopic (exact) mass is 299 g/mol. The van der Waals surface area contributed by atoms with Gasteiger partial charge in [-0.1, -0.05) is 48.6 Å². The Morgan fingerprint density at radius 3 is 2.77 bits per heavy atom. The molecule has 22 heavy (non-hydrogen) atoms. The maximum Gasteiger partial charge on any atom is 0.254 e. The number of carbonyl (C=O) groups is 1. The van der Waals surface area contributed by atoms with E-state index >= 15 is 0 Å². The number of ether oxygens (including phenoxy) is 2. The number of benzene rings is 1. The van der Waals surface area contributed by atoms with E-state index in [0.29, 0.717) is 13.2 Å². The highest BCUT2D eigenvalue weighted by Crippen LogP contribution is 2.36. The highest BCUT2D eigenvalue weighted by Gasteiger charge is 2.53. The average Bonchev–Trinajstić information content (AvgIpc) is 2.99. The van der Waals surface area contributed by atoms with Gasteiger partial charge < -0.3 is 14.4 Å². The lowest BCUT2D eigenvalue weighted by Crippen LogP contribution is -2.69. The van der Waals surface area contributed by atoms with Crippen LogP contribution in [0.25, 0.3) is 5.57 Å². The molecule has 116 valence electrons. The van der Waals surface area contributed by atoms with E-state index in [4.69, 9.17) is 9.47 Å².